The molecular weight excluding hydrogens is 280 g/mol. The third-order valence-electron chi connectivity index (χ3n) is 1.81. The van der Waals surface area contributed by atoms with Crippen LogP contribution in [0.15, 0.2) is 68.0 Å². The molecule has 0 radical (unpaired) electrons. The predicted octanol–water partition coefficient (Wildman–Crippen LogP) is 7.25. The molecule has 23 heavy (non-hydrogen) atoms. The number of hydrogen-bond acceptors (Lipinski definition) is 1. The van der Waals surface area contributed by atoms with Crippen molar-refractivity contribution < 1.29 is 0 Å². The number of amidine groups is 1. The number of aliphatic imine (C=N–C) groups is 1. The molecule has 0 rings (SSSR count). The molecule has 0 aliphatic carbocycles. The molecule has 0 heterocycles. The Labute approximate surface area is 147 Å². The van der Waals surface area contributed by atoms with E-state index in [9.17, 15) is 0 Å². The fourth-order valence-electron chi connectivity index (χ4n) is 0.854. The van der Waals surface area contributed by atoms with Gasteiger partial charge in [0.25, 0.3) is 0 Å². The Balaban J connectivity index is -0.000000101. The molecule has 0 aromatic rings. The molecule has 0 fully saturated rings. The molecule has 0 saturated carbocycles. The van der Waals surface area contributed by atoms with Gasteiger partial charge in [0, 0.05) is 19.4 Å². The minimum Gasteiger partial charge on any atom is -0.310 e. The smallest absolute Gasteiger partial charge is 0.130 e. The summed E-state index contributed by atoms with van der Waals surface area (Å²) in [5, 5.41) is 0. The molecule has 0 aliphatic rings. The lowest BCUT2D eigenvalue weighted by atomic mass is 10.1. The van der Waals surface area contributed by atoms with Gasteiger partial charge in [-0.2, -0.15) is 0 Å². The first-order valence-electron chi connectivity index (χ1n) is 8.49. The molecule has 0 N–H and O–H groups in total. The summed E-state index contributed by atoms with van der Waals surface area (Å²) >= 11 is 0. The maximum absolute atomic E-state index is 4.12. The van der Waals surface area contributed by atoms with E-state index in [2.05, 4.69) is 38.2 Å². The first-order chi connectivity index (χ1) is 11.1. The average molecular weight is 323 g/mol. The van der Waals surface area contributed by atoms with Gasteiger partial charge >= 0.3 is 0 Å². The van der Waals surface area contributed by atoms with Crippen LogP contribution in [0.5, 0.6) is 0 Å². The van der Waals surface area contributed by atoms with Gasteiger partial charge in [-0.3, -0.25) is 4.99 Å². The van der Waals surface area contributed by atoms with Gasteiger partial charge in [-0.1, -0.05) is 79.9 Å². The molecule has 136 valence electrons. The molecule has 1 unspecified atom stereocenters. The first kappa shape index (κ1) is 32.9. The van der Waals surface area contributed by atoms with Gasteiger partial charge in [-0.05, 0) is 18.9 Å². The molecule has 0 spiro atoms. The summed E-state index contributed by atoms with van der Waals surface area (Å²) in [6, 6.07) is 0. The molecule has 1 atom stereocenters. The van der Waals surface area contributed by atoms with Crippen molar-refractivity contribution in [3.63, 3.8) is 0 Å². The second kappa shape index (κ2) is 36.9. The Hall–Kier alpha value is -1.83. The Morgan fingerprint density at radius 2 is 1.26 bits per heavy atom. The molecule has 0 aromatic heterocycles. The van der Waals surface area contributed by atoms with Crippen molar-refractivity contribution in [2.45, 2.75) is 55.4 Å². The van der Waals surface area contributed by atoms with E-state index in [0.717, 1.165) is 5.84 Å². The van der Waals surface area contributed by atoms with Gasteiger partial charge in [0.05, 0.1) is 0 Å². The fourth-order valence-corrected chi connectivity index (χ4v) is 0.854. The Bertz CT molecular complexity index is 291. The lowest BCUT2D eigenvalue weighted by molar-refractivity contribution is 0.765. The van der Waals surface area contributed by atoms with Crippen LogP contribution in [0.2, 0.25) is 0 Å². The van der Waals surface area contributed by atoms with E-state index in [1.54, 1.807) is 30.4 Å². The van der Waals surface area contributed by atoms with E-state index in [1.165, 1.54) is 0 Å². The highest BCUT2D eigenvalue weighted by Crippen LogP contribution is 2.01. The van der Waals surface area contributed by atoms with Crippen LogP contribution in [0, 0.1) is 5.92 Å². The standard InChI is InChI=1S/C12H18N2.C3H6.3C2H6/c1-6-11(4)9-10-12(13-5)14(7-2)8-3;1-3-2;3*1-2/h6-11H,1-3H2,4-5H3;3H,1H2,2H3;3*1-2H3/b10-9-,13-12?;;;;. The topological polar surface area (TPSA) is 15.6 Å². The number of nitrogens with zero attached hydrogens (tertiary/aromatic N) is 2. The second-order valence-corrected chi connectivity index (χ2v) is 3.22. The predicted molar refractivity (Wildman–Crippen MR) is 114 cm³/mol. The van der Waals surface area contributed by atoms with Crippen LogP contribution in [0.4, 0.5) is 0 Å². The van der Waals surface area contributed by atoms with Gasteiger partial charge in [0.15, 0.2) is 0 Å². The fraction of sp³-hybridized carbons (Fsp3) is 0.476. The molecular formula is C21H42N2. The Morgan fingerprint density at radius 1 is 0.913 bits per heavy atom. The van der Waals surface area contributed by atoms with Crippen molar-refractivity contribution in [2.75, 3.05) is 7.05 Å². The maximum Gasteiger partial charge on any atom is 0.130 e. The SMILES string of the molecule is C=CC.C=CC(C)/C=C\C(=NC)N(C=C)C=C.CC.CC.CC. The summed E-state index contributed by atoms with van der Waals surface area (Å²) in [5.41, 5.74) is 0. The summed E-state index contributed by atoms with van der Waals surface area (Å²) in [6.07, 6.45) is 10.9. The number of hydrogen-bond donors (Lipinski definition) is 0. The van der Waals surface area contributed by atoms with Crippen molar-refractivity contribution in [3.8, 4) is 0 Å². The van der Waals surface area contributed by atoms with Crippen LogP contribution in [-0.4, -0.2) is 17.8 Å². The number of rotatable bonds is 5. The molecule has 2 nitrogen and oxygen atoms in total. The molecule has 0 amide bonds. The van der Waals surface area contributed by atoms with Gasteiger partial charge in [0.2, 0.25) is 0 Å². The Kier molecular flexibility index (Phi) is 52.9. The summed E-state index contributed by atoms with van der Waals surface area (Å²) in [4.78, 5) is 5.87. The zero-order valence-electron chi connectivity index (χ0n) is 17.3. The third kappa shape index (κ3) is 28.9. The molecule has 2 heteroatoms. The highest BCUT2D eigenvalue weighted by molar-refractivity contribution is 5.94. The van der Waals surface area contributed by atoms with Crippen molar-refractivity contribution in [1.82, 2.24) is 4.90 Å². The zero-order chi connectivity index (χ0) is 19.7. The van der Waals surface area contributed by atoms with Gasteiger partial charge in [-0.15, -0.1) is 13.2 Å². The summed E-state index contributed by atoms with van der Waals surface area (Å²) in [5.74, 6) is 1.15. The lowest BCUT2D eigenvalue weighted by Crippen LogP contribution is -2.16. The Morgan fingerprint density at radius 3 is 1.48 bits per heavy atom. The molecule has 0 aliphatic heterocycles. The molecule has 0 bridgehead atoms. The summed E-state index contributed by atoms with van der Waals surface area (Å²) in [7, 11) is 1.73. The summed E-state index contributed by atoms with van der Waals surface area (Å²) in [6.45, 7) is 30.3. The van der Waals surface area contributed by atoms with Crippen LogP contribution in [0.3, 0.4) is 0 Å². The molecule has 0 saturated heterocycles. The third-order valence-corrected chi connectivity index (χ3v) is 1.81. The van der Waals surface area contributed by atoms with E-state index >= 15 is 0 Å². The van der Waals surface area contributed by atoms with Crippen LogP contribution < -0.4 is 0 Å². The average Bonchev–Trinajstić information content (AvgIpc) is 2.64. The van der Waals surface area contributed by atoms with Crippen LogP contribution in [0.1, 0.15) is 55.4 Å². The van der Waals surface area contributed by atoms with Gasteiger partial charge < -0.3 is 4.90 Å². The first-order valence-corrected chi connectivity index (χ1v) is 8.49. The maximum atomic E-state index is 4.12. The van der Waals surface area contributed by atoms with Crippen molar-refractivity contribution >= 4 is 5.84 Å². The van der Waals surface area contributed by atoms with E-state index in [4.69, 9.17) is 0 Å². The van der Waals surface area contributed by atoms with Crippen molar-refractivity contribution in [3.05, 3.63) is 63.0 Å². The van der Waals surface area contributed by atoms with Gasteiger partial charge in [0.1, 0.15) is 5.84 Å². The minimum absolute atomic E-state index is 0.336. The number of allylic oxidation sites excluding steroid dienone is 3. The van der Waals surface area contributed by atoms with Crippen LogP contribution in [-0.2, 0) is 0 Å². The zero-order valence-corrected chi connectivity index (χ0v) is 17.3. The summed E-state index contributed by atoms with van der Waals surface area (Å²) < 4.78 is 0. The highest BCUT2D eigenvalue weighted by Gasteiger charge is 1.98. The van der Waals surface area contributed by atoms with Gasteiger partial charge in [-0.25, -0.2) is 0 Å². The van der Waals surface area contributed by atoms with Crippen LogP contribution >= 0.6 is 0 Å². The van der Waals surface area contributed by atoms with Crippen molar-refractivity contribution in [1.29, 1.82) is 0 Å². The van der Waals surface area contributed by atoms with E-state index in [0.29, 0.717) is 5.92 Å². The van der Waals surface area contributed by atoms with E-state index in [-0.39, 0.29) is 0 Å². The quantitative estimate of drug-likeness (QED) is 0.295. The van der Waals surface area contributed by atoms with Crippen LogP contribution in [0.25, 0.3) is 0 Å². The monoisotopic (exact) mass is 322 g/mol. The largest absolute Gasteiger partial charge is 0.310 e. The minimum atomic E-state index is 0.336. The van der Waals surface area contributed by atoms with E-state index in [1.807, 2.05) is 66.7 Å². The normalized spacial score (nSPS) is 9.70. The van der Waals surface area contributed by atoms with Crippen molar-refractivity contribution in [2.24, 2.45) is 10.9 Å². The highest BCUT2D eigenvalue weighted by atomic mass is 15.1. The molecule has 0 aromatic carbocycles. The second-order valence-electron chi connectivity index (χ2n) is 3.22. The lowest BCUT2D eigenvalue weighted by Gasteiger charge is -2.13. The van der Waals surface area contributed by atoms with E-state index < -0.39 is 0 Å².